The van der Waals surface area contributed by atoms with Crippen LogP contribution >= 0.6 is 0 Å². The zero-order valence-electron chi connectivity index (χ0n) is 18.6. The van der Waals surface area contributed by atoms with Gasteiger partial charge < -0.3 is 19.5 Å². The van der Waals surface area contributed by atoms with E-state index >= 15 is 0 Å². The molecule has 182 valence electrons. The molecule has 0 aliphatic carbocycles. The fraction of sp³-hybridized carbons (Fsp3) is 0.391. The van der Waals surface area contributed by atoms with Crippen LogP contribution in [0.2, 0.25) is 0 Å². The Kier molecular flexibility index (Phi) is 7.03. The molecule has 34 heavy (non-hydrogen) atoms. The van der Waals surface area contributed by atoms with E-state index in [1.807, 2.05) is 0 Å². The van der Waals surface area contributed by atoms with Crippen molar-refractivity contribution in [3.8, 4) is 11.5 Å². The van der Waals surface area contributed by atoms with Crippen molar-refractivity contribution in [3.63, 3.8) is 0 Å². The molecule has 2 aliphatic heterocycles. The van der Waals surface area contributed by atoms with Crippen molar-refractivity contribution < 1.29 is 36.6 Å². The smallest absolute Gasteiger partial charge is 0.309 e. The number of anilines is 1. The molecule has 1 N–H and O–H groups in total. The van der Waals surface area contributed by atoms with Crippen molar-refractivity contribution in [3.05, 3.63) is 47.8 Å². The Morgan fingerprint density at radius 3 is 2.53 bits per heavy atom. The number of amides is 1. The lowest BCUT2D eigenvalue weighted by molar-refractivity contribution is -0.152. The van der Waals surface area contributed by atoms with E-state index < -0.39 is 40.2 Å². The number of piperidine rings is 1. The van der Waals surface area contributed by atoms with E-state index in [9.17, 15) is 22.4 Å². The predicted octanol–water partition coefficient (Wildman–Crippen LogP) is 2.49. The maximum atomic E-state index is 13.4. The van der Waals surface area contributed by atoms with Crippen molar-refractivity contribution in [1.82, 2.24) is 4.31 Å². The molecule has 0 saturated carbocycles. The molecule has 1 saturated heterocycles. The van der Waals surface area contributed by atoms with Gasteiger partial charge in [-0.2, -0.15) is 4.31 Å². The third kappa shape index (κ3) is 5.31. The van der Waals surface area contributed by atoms with Crippen LogP contribution in [-0.2, 0) is 24.3 Å². The minimum absolute atomic E-state index is 0.0992. The minimum atomic E-state index is -3.76. The molecule has 0 atom stereocenters. The third-order valence-electron chi connectivity index (χ3n) is 5.76. The van der Waals surface area contributed by atoms with E-state index in [1.165, 1.54) is 34.6 Å². The summed E-state index contributed by atoms with van der Waals surface area (Å²) < 4.78 is 56.7. The summed E-state index contributed by atoms with van der Waals surface area (Å²) >= 11 is 0. The summed E-state index contributed by atoms with van der Waals surface area (Å²) in [6.45, 7) is 2.26. The average molecular weight is 493 g/mol. The monoisotopic (exact) mass is 492 g/mol. The average Bonchev–Trinajstić information content (AvgIpc) is 2.84. The maximum absolute atomic E-state index is 13.4. The zero-order valence-corrected chi connectivity index (χ0v) is 19.4. The molecule has 0 radical (unpaired) electrons. The molecule has 2 aromatic carbocycles. The van der Waals surface area contributed by atoms with Crippen LogP contribution in [0.5, 0.6) is 11.5 Å². The molecule has 11 heteroatoms. The summed E-state index contributed by atoms with van der Waals surface area (Å²) in [6, 6.07) is 8.50. The number of nitrogens with one attached hydrogen (secondary N) is 1. The summed E-state index contributed by atoms with van der Waals surface area (Å²) in [7, 11) is -3.76. The third-order valence-corrected chi connectivity index (χ3v) is 7.65. The topological polar surface area (TPSA) is 111 Å². The lowest BCUT2D eigenvalue weighted by atomic mass is 9.98. The van der Waals surface area contributed by atoms with Crippen LogP contribution in [0.15, 0.2) is 41.3 Å². The fourth-order valence-electron chi connectivity index (χ4n) is 3.83. The van der Waals surface area contributed by atoms with Crippen LogP contribution in [0, 0.1) is 18.7 Å². The quantitative estimate of drug-likeness (QED) is 0.617. The van der Waals surface area contributed by atoms with Crippen LogP contribution in [0.4, 0.5) is 10.1 Å². The van der Waals surface area contributed by atoms with Crippen molar-refractivity contribution in [2.45, 2.75) is 24.7 Å². The normalized spacial score (nSPS) is 16.6. The summed E-state index contributed by atoms with van der Waals surface area (Å²) in [6.07, 6.45) is 0.542. The van der Waals surface area contributed by atoms with E-state index in [1.54, 1.807) is 13.0 Å². The summed E-state index contributed by atoms with van der Waals surface area (Å²) in [5.74, 6) is -1.27. The van der Waals surface area contributed by atoms with Gasteiger partial charge in [0.2, 0.25) is 10.0 Å². The van der Waals surface area contributed by atoms with Crippen LogP contribution < -0.4 is 14.8 Å². The molecule has 9 nitrogen and oxygen atoms in total. The number of sulfonamides is 1. The second-order valence-electron chi connectivity index (χ2n) is 8.10. The summed E-state index contributed by atoms with van der Waals surface area (Å²) in [4.78, 5) is 24.6. The van der Waals surface area contributed by atoms with Gasteiger partial charge in [0.1, 0.15) is 19.0 Å². The number of carbonyl (C=O) groups is 2. The number of aryl methyl sites for hydroxylation is 1. The van der Waals surface area contributed by atoms with Gasteiger partial charge in [-0.1, -0.05) is 6.07 Å². The van der Waals surface area contributed by atoms with Crippen LogP contribution in [0.3, 0.4) is 0 Å². The van der Waals surface area contributed by atoms with E-state index in [4.69, 9.17) is 14.2 Å². The summed E-state index contributed by atoms with van der Waals surface area (Å²) in [5.41, 5.74) is 0.978. The number of hydrogen-bond acceptors (Lipinski definition) is 7. The van der Waals surface area contributed by atoms with Gasteiger partial charge in [0.25, 0.3) is 5.91 Å². The number of carbonyl (C=O) groups excluding carboxylic acids is 2. The van der Waals surface area contributed by atoms with Gasteiger partial charge in [0.05, 0.1) is 10.8 Å². The molecule has 0 unspecified atom stereocenters. The highest BCUT2D eigenvalue weighted by atomic mass is 32.2. The number of esters is 1. The van der Waals surface area contributed by atoms with Gasteiger partial charge in [0.15, 0.2) is 18.1 Å². The van der Waals surface area contributed by atoms with E-state index in [0.29, 0.717) is 36.0 Å². The van der Waals surface area contributed by atoms with Gasteiger partial charge in [-0.3, -0.25) is 9.59 Å². The first kappa shape index (κ1) is 24.0. The molecule has 1 amide bonds. The van der Waals surface area contributed by atoms with Crippen LogP contribution in [-0.4, -0.2) is 57.5 Å². The Balaban J connectivity index is 1.28. The molecule has 1 fully saturated rings. The van der Waals surface area contributed by atoms with E-state index in [-0.39, 0.29) is 30.8 Å². The second kappa shape index (κ2) is 9.98. The second-order valence-corrected chi connectivity index (χ2v) is 10.0. The van der Waals surface area contributed by atoms with Gasteiger partial charge in [0, 0.05) is 24.8 Å². The highest BCUT2D eigenvalue weighted by molar-refractivity contribution is 7.89. The lowest BCUT2D eigenvalue weighted by Crippen LogP contribution is -2.41. The molecular formula is C23H25FN2O7S. The van der Waals surface area contributed by atoms with Crippen molar-refractivity contribution in [2.24, 2.45) is 5.92 Å². The first-order valence-corrected chi connectivity index (χ1v) is 12.3. The molecule has 0 bridgehead atoms. The Bertz CT molecular complexity index is 1190. The van der Waals surface area contributed by atoms with Crippen molar-refractivity contribution in [2.75, 3.05) is 38.2 Å². The highest BCUT2D eigenvalue weighted by Gasteiger charge is 2.33. The zero-order chi connectivity index (χ0) is 24.3. The Hall–Kier alpha value is -3.18. The number of nitrogens with zero attached hydrogens (tertiary/aromatic N) is 1. The number of fused-ring (bicyclic) bond motifs is 1. The molecule has 2 aromatic rings. The highest BCUT2D eigenvalue weighted by Crippen LogP contribution is 2.34. The standard InChI is InChI=1S/C23H25FN2O7S/c1-15-2-3-17(24)12-19(15)25-22(27)14-33-23(28)16-6-8-26(9-7-16)34(29,30)18-4-5-20-21(13-18)32-11-10-31-20/h2-5,12-13,16H,6-11,14H2,1H3,(H,25,27). The largest absolute Gasteiger partial charge is 0.486 e. The Morgan fingerprint density at radius 2 is 1.79 bits per heavy atom. The Morgan fingerprint density at radius 1 is 1.09 bits per heavy atom. The minimum Gasteiger partial charge on any atom is -0.486 e. The fourth-order valence-corrected chi connectivity index (χ4v) is 5.32. The Labute approximate surface area is 196 Å². The maximum Gasteiger partial charge on any atom is 0.309 e. The van der Waals surface area contributed by atoms with Gasteiger partial charge >= 0.3 is 5.97 Å². The first-order chi connectivity index (χ1) is 16.2. The van der Waals surface area contributed by atoms with Crippen LogP contribution in [0.1, 0.15) is 18.4 Å². The van der Waals surface area contributed by atoms with Crippen molar-refractivity contribution >= 4 is 27.6 Å². The van der Waals surface area contributed by atoms with E-state index in [0.717, 1.165) is 0 Å². The molecule has 2 heterocycles. The number of hydrogen-bond donors (Lipinski definition) is 1. The van der Waals surface area contributed by atoms with Crippen molar-refractivity contribution in [1.29, 1.82) is 0 Å². The molecular weight excluding hydrogens is 467 g/mol. The predicted molar refractivity (Wildman–Crippen MR) is 120 cm³/mol. The van der Waals surface area contributed by atoms with Gasteiger partial charge in [-0.05, 0) is 49.6 Å². The lowest BCUT2D eigenvalue weighted by Gasteiger charge is -2.30. The molecule has 2 aliphatic rings. The SMILES string of the molecule is Cc1ccc(F)cc1NC(=O)COC(=O)C1CCN(S(=O)(=O)c2ccc3c(c2)OCCO3)CC1. The number of halogens is 1. The van der Waals surface area contributed by atoms with Crippen LogP contribution in [0.25, 0.3) is 0 Å². The van der Waals surface area contributed by atoms with Gasteiger partial charge in [-0.15, -0.1) is 0 Å². The first-order valence-electron chi connectivity index (χ1n) is 10.9. The summed E-state index contributed by atoms with van der Waals surface area (Å²) in [5, 5.41) is 2.51. The number of benzene rings is 2. The molecule has 0 spiro atoms. The van der Waals surface area contributed by atoms with Gasteiger partial charge in [-0.25, -0.2) is 12.8 Å². The van der Waals surface area contributed by atoms with E-state index in [2.05, 4.69) is 5.32 Å². The molecule has 0 aromatic heterocycles. The number of rotatable bonds is 6. The molecule has 4 rings (SSSR count). The number of ether oxygens (including phenoxy) is 3.